The molecule has 740 valence electrons. The molecule has 12 saturated carbocycles. The molecule has 13 nitrogen and oxygen atoms in total. The minimum Gasteiger partial charge on any atom is -0.494 e. The highest BCUT2D eigenvalue weighted by Crippen LogP contribution is 2.66. The summed E-state index contributed by atoms with van der Waals surface area (Å²) >= 11 is 0. The molecule has 12 aliphatic rings. The number of fused-ring (bicyclic) bond motifs is 8. The SMILES string of the molecule is CCOC(C)(C)C.CCOC1CC2CCC1(C)C2(C)C.CCOC1CC2CCC1C2.CCOC1CCCC1.CCOC1CCCCC1.CCOCC1CC2CCC1C2.CCOCC1CCCCC1.CCOCCC1CC2CCC1C2.CCOCCC1CCCCC1.CCOCCc1ccccc1.CCOCc1ccccc1.CCOc1ccccc1.COC(C)(C)C. The molecule has 0 aliphatic heterocycles. The highest BCUT2D eigenvalue weighted by molar-refractivity contribution is 5.21. The largest absolute Gasteiger partial charge is 0.494 e. The molecule has 0 radical (unpaired) electrons. The molecule has 3 aromatic carbocycles. The van der Waals surface area contributed by atoms with E-state index in [0.717, 1.165) is 196 Å². The molecule has 12 atom stereocenters. The van der Waals surface area contributed by atoms with Crippen LogP contribution in [0.4, 0.5) is 0 Å². The molecule has 12 unspecified atom stereocenters. The number of hydrogen-bond acceptors (Lipinski definition) is 13. The van der Waals surface area contributed by atoms with Crippen molar-refractivity contribution in [3.63, 3.8) is 0 Å². The van der Waals surface area contributed by atoms with Gasteiger partial charge >= 0.3 is 0 Å². The molecule has 0 spiro atoms. The number of hydrogen-bond donors (Lipinski definition) is 0. The van der Waals surface area contributed by atoms with Gasteiger partial charge in [0, 0.05) is 106 Å². The third kappa shape index (κ3) is 53.8. The maximum atomic E-state index is 5.88. The summed E-state index contributed by atoms with van der Waals surface area (Å²) in [6.07, 6.45) is 54.5. The Hall–Kier alpha value is -3.02. The Kier molecular flexibility index (Phi) is 68.2. The average molecular weight is 1780 g/mol. The number of para-hydroxylation sites is 1. The van der Waals surface area contributed by atoms with Crippen LogP contribution < -0.4 is 4.74 Å². The van der Waals surface area contributed by atoms with E-state index in [0.29, 0.717) is 35.2 Å². The van der Waals surface area contributed by atoms with Crippen molar-refractivity contribution in [2.24, 2.45) is 75.9 Å². The summed E-state index contributed by atoms with van der Waals surface area (Å²) in [6, 6.07) is 30.4. The summed E-state index contributed by atoms with van der Waals surface area (Å²) in [6.45, 7) is 60.1. The Morgan fingerprint density at radius 3 is 1.16 bits per heavy atom. The van der Waals surface area contributed by atoms with Gasteiger partial charge in [-0.25, -0.2) is 0 Å². The van der Waals surface area contributed by atoms with Crippen LogP contribution in [0.5, 0.6) is 5.75 Å². The van der Waals surface area contributed by atoms with Crippen LogP contribution in [0.1, 0.15) is 388 Å². The van der Waals surface area contributed by atoms with Gasteiger partial charge in [-0.15, -0.1) is 0 Å². The first-order valence-electron chi connectivity index (χ1n) is 53.2. The Bertz CT molecular complexity index is 2860. The smallest absolute Gasteiger partial charge is 0.119 e. The lowest BCUT2D eigenvalue weighted by molar-refractivity contribution is -0.0413. The highest BCUT2D eigenvalue weighted by atomic mass is 16.5. The number of ether oxygens (including phenoxy) is 13. The van der Waals surface area contributed by atoms with E-state index in [1.807, 2.05) is 103 Å². The maximum absolute atomic E-state index is 5.88. The lowest BCUT2D eigenvalue weighted by Crippen LogP contribution is -2.37. The molecule has 8 bridgehead atoms. The summed E-state index contributed by atoms with van der Waals surface area (Å²) in [4.78, 5) is 0. The van der Waals surface area contributed by atoms with E-state index in [1.54, 1.807) is 7.11 Å². The molecule has 0 saturated heterocycles. The van der Waals surface area contributed by atoms with Gasteiger partial charge < -0.3 is 61.6 Å². The Morgan fingerprint density at radius 1 is 0.339 bits per heavy atom. The normalized spacial score (nSPS) is 25.6. The lowest BCUT2D eigenvalue weighted by atomic mass is 9.70. The van der Waals surface area contributed by atoms with Crippen LogP contribution in [0.25, 0.3) is 0 Å². The first kappa shape index (κ1) is 118. The second kappa shape index (κ2) is 73.3. The summed E-state index contributed by atoms with van der Waals surface area (Å²) < 4.78 is 69.8. The molecule has 12 aliphatic carbocycles. The first-order chi connectivity index (χ1) is 61.4. The van der Waals surface area contributed by atoms with E-state index in [2.05, 4.69) is 133 Å². The molecule has 13 heteroatoms. The molecule has 0 heterocycles. The molecule has 0 amide bonds. The van der Waals surface area contributed by atoms with Crippen molar-refractivity contribution in [1.29, 1.82) is 0 Å². The molecule has 0 N–H and O–H groups in total. The average Bonchev–Trinajstić information content (AvgIpc) is 1.56. The predicted octanol–water partition coefficient (Wildman–Crippen LogP) is 30.5. The second-order valence-corrected chi connectivity index (χ2v) is 40.6. The van der Waals surface area contributed by atoms with Gasteiger partial charge in [-0.3, -0.25) is 0 Å². The summed E-state index contributed by atoms with van der Waals surface area (Å²) in [5.74, 6) is 11.9. The number of benzene rings is 3. The van der Waals surface area contributed by atoms with E-state index in [4.69, 9.17) is 61.6 Å². The van der Waals surface area contributed by atoms with Crippen molar-refractivity contribution in [2.45, 2.75) is 425 Å². The van der Waals surface area contributed by atoms with Crippen LogP contribution in [0.3, 0.4) is 0 Å². The molecule has 127 heavy (non-hydrogen) atoms. The van der Waals surface area contributed by atoms with Crippen molar-refractivity contribution < 1.29 is 61.6 Å². The van der Waals surface area contributed by atoms with Crippen LogP contribution in [0, 0.1) is 75.9 Å². The summed E-state index contributed by atoms with van der Waals surface area (Å²) in [7, 11) is 1.71. The highest BCUT2D eigenvalue weighted by Gasteiger charge is 2.61. The molecular weight excluding hydrogens is 1580 g/mol. The predicted molar refractivity (Wildman–Crippen MR) is 538 cm³/mol. The number of rotatable bonds is 32. The van der Waals surface area contributed by atoms with E-state index < -0.39 is 0 Å². The zero-order chi connectivity index (χ0) is 93.1. The zero-order valence-electron chi connectivity index (χ0n) is 87.0. The van der Waals surface area contributed by atoms with Gasteiger partial charge in [0.05, 0.1) is 55.4 Å². The van der Waals surface area contributed by atoms with Crippen molar-refractivity contribution in [2.75, 3.05) is 119 Å². The van der Waals surface area contributed by atoms with Gasteiger partial charge in [0.2, 0.25) is 0 Å². The molecule has 0 aromatic heterocycles. The van der Waals surface area contributed by atoms with E-state index in [-0.39, 0.29) is 11.2 Å². The lowest BCUT2D eigenvalue weighted by Gasteiger charge is -2.38. The Balaban J connectivity index is 0.000000356. The van der Waals surface area contributed by atoms with Gasteiger partial charge in [0.25, 0.3) is 0 Å². The van der Waals surface area contributed by atoms with Gasteiger partial charge in [0.1, 0.15) is 5.75 Å². The van der Waals surface area contributed by atoms with Crippen LogP contribution in [0.15, 0.2) is 91.0 Å². The fourth-order valence-corrected chi connectivity index (χ4v) is 21.3. The number of methoxy groups -OCH3 is 1. The molecule has 12 fully saturated rings. The van der Waals surface area contributed by atoms with E-state index >= 15 is 0 Å². The van der Waals surface area contributed by atoms with Crippen molar-refractivity contribution in [1.82, 2.24) is 0 Å². The van der Waals surface area contributed by atoms with E-state index in [9.17, 15) is 0 Å². The summed E-state index contributed by atoms with van der Waals surface area (Å²) in [5.41, 5.74) is 3.64. The van der Waals surface area contributed by atoms with Gasteiger partial charge in [0.15, 0.2) is 0 Å². The summed E-state index contributed by atoms with van der Waals surface area (Å²) in [5, 5.41) is 0. The maximum Gasteiger partial charge on any atom is 0.119 e. The minimum atomic E-state index is 0.0417. The van der Waals surface area contributed by atoms with Crippen LogP contribution >= 0.6 is 0 Å². The zero-order valence-corrected chi connectivity index (χ0v) is 87.0. The monoisotopic (exact) mass is 1780 g/mol. The van der Waals surface area contributed by atoms with Gasteiger partial charge in [-0.1, -0.05) is 196 Å². The van der Waals surface area contributed by atoms with Gasteiger partial charge in [-0.05, 0) is 365 Å². The Morgan fingerprint density at radius 2 is 0.764 bits per heavy atom. The second-order valence-electron chi connectivity index (χ2n) is 40.6. The topological polar surface area (TPSA) is 120 Å². The van der Waals surface area contributed by atoms with Crippen LogP contribution in [-0.2, 0) is 69.9 Å². The fraction of sp³-hybridized carbons (Fsp3) is 0.842. The third-order valence-corrected chi connectivity index (χ3v) is 29.0. The van der Waals surface area contributed by atoms with E-state index in [1.165, 1.54) is 242 Å². The van der Waals surface area contributed by atoms with Crippen LogP contribution in [0.2, 0.25) is 0 Å². The van der Waals surface area contributed by atoms with Gasteiger partial charge in [-0.2, -0.15) is 0 Å². The molecular formula is C114H206O13. The Labute approximate surface area is 785 Å². The molecule has 15 rings (SSSR count). The molecule has 3 aromatic rings. The minimum absolute atomic E-state index is 0.0417. The first-order valence-corrected chi connectivity index (χ1v) is 53.2. The van der Waals surface area contributed by atoms with Crippen molar-refractivity contribution >= 4 is 0 Å². The standard InChI is InChI=1S/C12H22O.C11H20O.C10H18O.C10H20O.C10H14O.C9H16O.C9H18O.C9H12O.C8H16O.C8H10O.C7H14O.C6H14O.C5H12O/c1-5-13-10-8-9-6-7-12(10,4)11(9,2)3;1-2-12-6-5-11-8-9-3-4-10(11)7-9;1-2-11-7-10-6-8-3-4-9(10)5-8;2*1-2-11-9-8-10-6-4-3-5-7-10;1-2-10-9-6-7-3-4-8(9)5-7;2*1-2-10-8-9-6-4-3-5-7-9;2*1-2-9-8-6-4-3-5-7-8;1-2-8-7-5-3-4-6-7;1-5-7-6(2,3)4;1-5(2,3)6-4/h9-10H,5-8H2,1-4H3;9-11H,2-8H2,1H3;8-10H,2-7H2,1H3;10H,2-9H2,1H3;3-7H,2,8-9H2,1H3;7-9H,2-6H2,1H3;9H,2-8H2,1H3;3-7H,2,8H2,1H3;8H,2-7H2,1H3;3-7H,2H2,1H3;7H,2-6H2,1H3;5H2,1-4H3;1-4H3. The van der Waals surface area contributed by atoms with Crippen molar-refractivity contribution in [3.8, 4) is 5.75 Å². The quantitative estimate of drug-likeness (QED) is 0.0552. The third-order valence-electron chi connectivity index (χ3n) is 29.0. The van der Waals surface area contributed by atoms with Crippen LogP contribution in [-0.4, -0.2) is 155 Å². The van der Waals surface area contributed by atoms with Crippen molar-refractivity contribution in [3.05, 3.63) is 102 Å². The fourth-order valence-electron chi connectivity index (χ4n) is 21.3.